The van der Waals surface area contributed by atoms with E-state index in [1.54, 1.807) is 12.1 Å². The van der Waals surface area contributed by atoms with Gasteiger partial charge in [0.15, 0.2) is 0 Å². The molecule has 27 heavy (non-hydrogen) atoms. The van der Waals surface area contributed by atoms with Gasteiger partial charge in [0.2, 0.25) is 5.91 Å². The first-order valence-corrected chi connectivity index (χ1v) is 9.07. The topological polar surface area (TPSA) is 78.5 Å². The highest BCUT2D eigenvalue weighted by Crippen LogP contribution is 2.15. The molecule has 1 heterocycles. The van der Waals surface area contributed by atoms with Gasteiger partial charge >= 0.3 is 6.03 Å². The fourth-order valence-corrected chi connectivity index (χ4v) is 2.98. The number of hydrogen-bond acceptors (Lipinski definition) is 3. The van der Waals surface area contributed by atoms with E-state index in [2.05, 4.69) is 10.6 Å². The molecular formula is C20H20ClN3O3. The van der Waals surface area contributed by atoms with Crippen LogP contribution in [0.3, 0.4) is 0 Å². The zero-order valence-corrected chi connectivity index (χ0v) is 15.4. The Labute approximate surface area is 162 Å². The highest BCUT2D eigenvalue weighted by molar-refractivity contribution is 6.30. The zero-order chi connectivity index (χ0) is 19.2. The molecule has 0 spiro atoms. The average Bonchev–Trinajstić information content (AvgIpc) is 2.94. The standard InChI is InChI=1S/C20H20ClN3O3/c21-16-8-6-14(7-9-16)12-22-18(25)11-10-17-19(26)24(20(27)23-17)13-15-4-2-1-3-5-15/h1-9,17H,10-13H2,(H,22,25)(H,23,27). The van der Waals surface area contributed by atoms with Crippen molar-refractivity contribution in [3.05, 3.63) is 70.7 Å². The summed E-state index contributed by atoms with van der Waals surface area (Å²) < 4.78 is 0. The van der Waals surface area contributed by atoms with E-state index in [0.717, 1.165) is 11.1 Å². The maximum atomic E-state index is 12.4. The minimum atomic E-state index is -0.664. The van der Waals surface area contributed by atoms with Crippen LogP contribution in [0.1, 0.15) is 24.0 Å². The molecule has 6 nitrogen and oxygen atoms in total. The first kappa shape index (κ1) is 18.9. The Bertz CT molecular complexity index is 824. The van der Waals surface area contributed by atoms with Gasteiger partial charge in [-0.3, -0.25) is 14.5 Å². The highest BCUT2D eigenvalue weighted by Gasteiger charge is 2.37. The molecule has 1 atom stereocenters. The Hall–Kier alpha value is -2.86. The van der Waals surface area contributed by atoms with Gasteiger partial charge in [-0.15, -0.1) is 0 Å². The highest BCUT2D eigenvalue weighted by atomic mass is 35.5. The molecule has 1 saturated heterocycles. The van der Waals surface area contributed by atoms with Crippen LogP contribution in [0, 0.1) is 0 Å². The first-order valence-electron chi connectivity index (χ1n) is 8.70. The van der Waals surface area contributed by atoms with Crippen molar-refractivity contribution in [2.45, 2.75) is 32.0 Å². The number of carbonyl (C=O) groups excluding carboxylic acids is 3. The molecule has 140 valence electrons. The number of amides is 4. The van der Waals surface area contributed by atoms with E-state index in [4.69, 9.17) is 11.6 Å². The number of urea groups is 1. The summed E-state index contributed by atoms with van der Waals surface area (Å²) in [4.78, 5) is 37.7. The van der Waals surface area contributed by atoms with E-state index in [0.29, 0.717) is 11.6 Å². The van der Waals surface area contributed by atoms with Gasteiger partial charge in [0.05, 0.1) is 6.54 Å². The summed E-state index contributed by atoms with van der Waals surface area (Å²) in [5, 5.41) is 6.09. The van der Waals surface area contributed by atoms with Crippen LogP contribution in [0.25, 0.3) is 0 Å². The van der Waals surface area contributed by atoms with Crippen molar-refractivity contribution in [3.8, 4) is 0 Å². The number of nitrogens with one attached hydrogen (secondary N) is 2. The summed E-state index contributed by atoms with van der Waals surface area (Å²) in [6.45, 7) is 0.617. The summed E-state index contributed by atoms with van der Waals surface area (Å²) in [6, 6.07) is 15.4. The second kappa shape index (κ2) is 8.68. The molecule has 0 bridgehead atoms. The molecule has 2 aromatic rings. The van der Waals surface area contributed by atoms with Crippen LogP contribution in [-0.2, 0) is 22.7 Å². The summed E-state index contributed by atoms with van der Waals surface area (Å²) in [6.07, 6.45) is 0.422. The van der Waals surface area contributed by atoms with Crippen LogP contribution >= 0.6 is 11.6 Å². The maximum absolute atomic E-state index is 12.4. The minimum Gasteiger partial charge on any atom is -0.352 e. The number of rotatable bonds is 7. The third kappa shape index (κ3) is 5.08. The van der Waals surface area contributed by atoms with Crippen LogP contribution in [0.5, 0.6) is 0 Å². The lowest BCUT2D eigenvalue weighted by Gasteiger charge is -2.13. The average molecular weight is 386 g/mol. The first-order chi connectivity index (χ1) is 13.0. The summed E-state index contributed by atoms with van der Waals surface area (Å²) >= 11 is 5.83. The summed E-state index contributed by atoms with van der Waals surface area (Å²) in [5.74, 6) is -0.470. The number of imide groups is 1. The normalized spacial score (nSPS) is 16.3. The number of carbonyl (C=O) groups is 3. The SMILES string of the molecule is O=C(CCC1NC(=O)N(Cc2ccccc2)C1=O)NCc1ccc(Cl)cc1. The predicted molar refractivity (Wildman–Crippen MR) is 102 cm³/mol. The van der Waals surface area contributed by atoms with Crippen molar-refractivity contribution in [2.75, 3.05) is 0 Å². The van der Waals surface area contributed by atoms with Gasteiger partial charge in [-0.2, -0.15) is 0 Å². The second-order valence-corrected chi connectivity index (χ2v) is 6.79. The van der Waals surface area contributed by atoms with E-state index in [1.807, 2.05) is 42.5 Å². The van der Waals surface area contributed by atoms with Crippen LogP contribution in [-0.4, -0.2) is 28.8 Å². The van der Waals surface area contributed by atoms with Crippen LogP contribution in [0.2, 0.25) is 5.02 Å². The van der Waals surface area contributed by atoms with Gasteiger partial charge in [0.25, 0.3) is 5.91 Å². The van der Waals surface area contributed by atoms with Gasteiger partial charge in [0.1, 0.15) is 6.04 Å². The number of hydrogen-bond donors (Lipinski definition) is 2. The van der Waals surface area contributed by atoms with E-state index >= 15 is 0 Å². The molecule has 7 heteroatoms. The number of benzene rings is 2. The lowest BCUT2D eigenvalue weighted by Crippen LogP contribution is -2.32. The largest absolute Gasteiger partial charge is 0.352 e. The smallest absolute Gasteiger partial charge is 0.325 e. The molecule has 1 fully saturated rings. The molecule has 1 aliphatic rings. The van der Waals surface area contributed by atoms with Crippen molar-refractivity contribution >= 4 is 29.4 Å². The van der Waals surface area contributed by atoms with Crippen molar-refractivity contribution in [1.29, 1.82) is 0 Å². The van der Waals surface area contributed by atoms with E-state index in [-0.39, 0.29) is 31.2 Å². The third-order valence-electron chi connectivity index (χ3n) is 4.35. The summed E-state index contributed by atoms with van der Waals surface area (Å²) in [5.41, 5.74) is 1.81. The van der Waals surface area contributed by atoms with Gasteiger partial charge in [-0.25, -0.2) is 4.79 Å². The predicted octanol–water partition coefficient (Wildman–Crippen LogP) is 2.86. The van der Waals surface area contributed by atoms with Gasteiger partial charge < -0.3 is 10.6 Å². The van der Waals surface area contributed by atoms with Gasteiger partial charge in [0, 0.05) is 18.0 Å². The number of nitrogens with zero attached hydrogens (tertiary/aromatic N) is 1. The Balaban J connectivity index is 1.46. The molecule has 0 aromatic heterocycles. The molecule has 0 saturated carbocycles. The molecule has 0 aliphatic carbocycles. The Morgan fingerprint density at radius 2 is 1.74 bits per heavy atom. The second-order valence-electron chi connectivity index (χ2n) is 6.35. The molecule has 4 amide bonds. The minimum absolute atomic E-state index is 0.156. The summed E-state index contributed by atoms with van der Waals surface area (Å²) in [7, 11) is 0. The molecule has 1 aliphatic heterocycles. The van der Waals surface area contributed by atoms with E-state index in [9.17, 15) is 14.4 Å². The van der Waals surface area contributed by atoms with Crippen LogP contribution < -0.4 is 10.6 Å². The Kier molecular flexibility index (Phi) is 6.08. The molecule has 3 rings (SSSR count). The van der Waals surface area contributed by atoms with Gasteiger partial charge in [-0.05, 0) is 29.7 Å². The maximum Gasteiger partial charge on any atom is 0.325 e. The molecule has 1 unspecified atom stereocenters. The Morgan fingerprint density at radius 1 is 1.04 bits per heavy atom. The van der Waals surface area contributed by atoms with Crippen molar-refractivity contribution in [1.82, 2.24) is 15.5 Å². The zero-order valence-electron chi connectivity index (χ0n) is 14.7. The monoisotopic (exact) mass is 385 g/mol. The van der Waals surface area contributed by atoms with Crippen molar-refractivity contribution in [2.24, 2.45) is 0 Å². The molecule has 2 N–H and O–H groups in total. The third-order valence-corrected chi connectivity index (χ3v) is 4.61. The van der Waals surface area contributed by atoms with E-state index in [1.165, 1.54) is 4.90 Å². The van der Waals surface area contributed by atoms with Crippen molar-refractivity contribution < 1.29 is 14.4 Å². The van der Waals surface area contributed by atoms with Crippen LogP contribution in [0.4, 0.5) is 4.79 Å². The Morgan fingerprint density at radius 3 is 2.44 bits per heavy atom. The molecule has 2 aromatic carbocycles. The lowest BCUT2D eigenvalue weighted by atomic mass is 10.1. The van der Waals surface area contributed by atoms with Gasteiger partial charge in [-0.1, -0.05) is 54.1 Å². The number of halogens is 1. The molecular weight excluding hydrogens is 366 g/mol. The van der Waals surface area contributed by atoms with E-state index < -0.39 is 12.1 Å². The van der Waals surface area contributed by atoms with Crippen molar-refractivity contribution in [3.63, 3.8) is 0 Å². The fraction of sp³-hybridized carbons (Fsp3) is 0.250. The quantitative estimate of drug-likeness (QED) is 0.719. The lowest BCUT2D eigenvalue weighted by molar-refractivity contribution is -0.128. The molecule has 0 radical (unpaired) electrons. The van der Waals surface area contributed by atoms with Crippen LogP contribution in [0.15, 0.2) is 54.6 Å². The fourth-order valence-electron chi connectivity index (χ4n) is 2.85.